The van der Waals surface area contributed by atoms with Crippen molar-refractivity contribution in [3.05, 3.63) is 34.6 Å². The van der Waals surface area contributed by atoms with Crippen molar-refractivity contribution in [3.63, 3.8) is 0 Å². The lowest BCUT2D eigenvalue weighted by molar-refractivity contribution is -0.221. The molecule has 0 heterocycles. The third kappa shape index (κ3) is 30.2. The molecule has 0 aromatic heterocycles. The largest absolute Gasteiger partial charge is 0.462 e. The second-order valence-electron chi connectivity index (χ2n) is 34.3. The van der Waals surface area contributed by atoms with Crippen LogP contribution in [0.1, 0.15) is 335 Å². The number of halogens is 8. The molecule has 7 atom stereocenters. The molecule has 558 valence electrons. The number of carbonyl (C=O) groups excluding carboxylic acids is 5. The van der Waals surface area contributed by atoms with E-state index < -0.39 is 64.2 Å². The van der Waals surface area contributed by atoms with Gasteiger partial charge in [0.2, 0.25) is 5.82 Å². The van der Waals surface area contributed by atoms with Crippen LogP contribution in [0.2, 0.25) is 0 Å². The van der Waals surface area contributed by atoms with E-state index in [0.29, 0.717) is 36.0 Å². The van der Waals surface area contributed by atoms with Crippen LogP contribution in [-0.4, -0.2) is 65.5 Å². The van der Waals surface area contributed by atoms with Gasteiger partial charge in [-0.1, -0.05) is 124 Å². The van der Waals surface area contributed by atoms with Gasteiger partial charge in [-0.15, -0.1) is 0 Å². The van der Waals surface area contributed by atoms with Crippen LogP contribution in [0.25, 0.3) is 0 Å². The van der Waals surface area contributed by atoms with Crippen LogP contribution in [0, 0.1) is 90.2 Å². The van der Waals surface area contributed by atoms with E-state index in [9.17, 15) is 59.1 Å². The summed E-state index contributed by atoms with van der Waals surface area (Å²) in [4.78, 5) is 59.3. The first-order valence-electron chi connectivity index (χ1n) is 35.3. The van der Waals surface area contributed by atoms with Crippen molar-refractivity contribution in [1.29, 1.82) is 0 Å². The van der Waals surface area contributed by atoms with E-state index in [1.54, 1.807) is 27.7 Å². The molecule has 1 aromatic carbocycles. The molecule has 10 nitrogen and oxygen atoms in total. The zero-order valence-corrected chi connectivity index (χ0v) is 65.2. The fourth-order valence-electron chi connectivity index (χ4n) is 10.1. The predicted molar refractivity (Wildman–Crippen MR) is 367 cm³/mol. The molecule has 0 spiro atoms. The van der Waals surface area contributed by atoms with Gasteiger partial charge < -0.3 is 23.7 Å². The fourth-order valence-corrected chi connectivity index (χ4v) is 10.1. The lowest BCUT2D eigenvalue weighted by atomic mass is 9.58. The molecule has 0 bridgehead atoms. The molecular weight excluding hydrogens is 1240 g/mol. The van der Waals surface area contributed by atoms with E-state index in [1.165, 1.54) is 39.0 Å². The Morgan fingerprint density at radius 3 is 1.02 bits per heavy atom. The molecule has 0 N–H and O–H groups in total. The van der Waals surface area contributed by atoms with Crippen LogP contribution in [0.3, 0.4) is 0 Å². The Kier molecular flexibility index (Phi) is 36.7. The van der Waals surface area contributed by atoms with Gasteiger partial charge >= 0.3 is 36.0 Å². The van der Waals surface area contributed by atoms with Gasteiger partial charge in [0, 0.05) is 11.5 Å². The van der Waals surface area contributed by atoms with Crippen molar-refractivity contribution in [3.8, 4) is 0 Å². The molecule has 4 rings (SSSR count). The molecule has 0 saturated heterocycles. The molecule has 3 aliphatic carbocycles. The lowest BCUT2D eigenvalue weighted by Gasteiger charge is -2.49. The van der Waals surface area contributed by atoms with Crippen molar-refractivity contribution in [2.24, 2.45) is 61.1 Å². The van der Waals surface area contributed by atoms with Gasteiger partial charge in [0.05, 0.1) is 27.1 Å². The number of hydrogen-bond acceptors (Lipinski definition) is 10. The van der Waals surface area contributed by atoms with Crippen LogP contribution in [-0.2, 0) is 47.7 Å². The summed E-state index contributed by atoms with van der Waals surface area (Å²) < 4.78 is 128. The van der Waals surface area contributed by atoms with E-state index in [1.807, 2.05) is 83.1 Å². The molecule has 0 radical (unpaired) electrons. The van der Waals surface area contributed by atoms with Gasteiger partial charge in [-0.2, -0.15) is 13.2 Å². The van der Waals surface area contributed by atoms with Crippen LogP contribution in [0.4, 0.5) is 35.1 Å². The Balaban J connectivity index is 0. The summed E-state index contributed by atoms with van der Waals surface area (Å²) in [6, 6.07) is 0. The zero-order valence-electron chi connectivity index (χ0n) is 65.2. The molecule has 3 saturated carbocycles. The van der Waals surface area contributed by atoms with Crippen molar-refractivity contribution in [1.82, 2.24) is 0 Å². The third-order valence-corrected chi connectivity index (χ3v) is 20.8. The first-order chi connectivity index (χ1) is 42.6. The summed E-state index contributed by atoms with van der Waals surface area (Å²) >= 11 is 0. The van der Waals surface area contributed by atoms with E-state index in [-0.39, 0.29) is 79.8 Å². The Labute approximate surface area is 571 Å². The number of benzene rings is 1. The SMILES string of the molecule is CCC(C)(C)C(=O)OC(C)C(C)(C)C.CCC(C)(C)C(=O)OC(C)C(F)(F)F.CCC(C)(C)C(=O)OC1(C)CCCC1.CCC(C)(C)C(=O)OC1(C)CCCCC1.CCC(C)(C)C(=O)OC1CC(C)C(C(C)(C)C)CC1C(C)(C)C.CCC(C)c1c(F)c(F)c(F)c(F)c1F. The third-order valence-electron chi connectivity index (χ3n) is 20.8. The molecule has 7 unspecified atom stereocenters. The number of hydrogen-bond donors (Lipinski definition) is 0. The molecule has 1 aromatic rings. The van der Waals surface area contributed by atoms with Crippen molar-refractivity contribution < 1.29 is 82.8 Å². The average molecular weight is 1370 g/mol. The number of esters is 5. The molecule has 0 amide bonds. The number of rotatable bonds is 17. The predicted octanol–water partition coefficient (Wildman–Crippen LogP) is 23.3. The summed E-state index contributed by atoms with van der Waals surface area (Å²) in [5, 5.41) is 0. The molecule has 95 heavy (non-hydrogen) atoms. The van der Waals surface area contributed by atoms with Crippen LogP contribution in [0.5, 0.6) is 0 Å². The zero-order chi connectivity index (χ0) is 75.4. The normalized spacial score (nSPS) is 20.2. The van der Waals surface area contributed by atoms with Gasteiger partial charge in [0.15, 0.2) is 29.4 Å². The van der Waals surface area contributed by atoms with Gasteiger partial charge in [-0.3, -0.25) is 24.0 Å². The van der Waals surface area contributed by atoms with Gasteiger partial charge in [-0.25, -0.2) is 22.0 Å². The Morgan fingerprint density at radius 1 is 0.432 bits per heavy atom. The molecular formula is C77H134F8O10. The average Bonchev–Trinajstić information content (AvgIpc) is 1.56. The van der Waals surface area contributed by atoms with E-state index >= 15 is 0 Å². The standard InChI is InChI=1S/C21H40O2.C13H24O2.C12H22O2.C12H24O2.C10H9F5.C9H15F3O2/c1-11-21(9,10)18(22)23-17-12-14(2)15(19(3,4)5)13-16(17)20(6,7)8;1-5-12(2,3)11(14)15-13(4)9-7-6-8-10-13;1-5-11(2,3)10(13)14-12(4)8-6-7-9-12;1-8-12(6,7)10(13)14-9(2)11(3,4)5;1-3-4(2)5-6(11)8(13)10(15)9(14)7(5)12;1-5-8(3,4)7(13)14-6(2)9(10,11)12/h14-17H,11-13H2,1-10H3;5-10H2,1-4H3;5-9H2,1-4H3;9H,8H2,1-7H3;4H,3H2,1-2H3;6H,5H2,1-4H3. The summed E-state index contributed by atoms with van der Waals surface area (Å²) in [5.74, 6) is -9.37. The minimum absolute atomic E-state index is 0.0134. The summed E-state index contributed by atoms with van der Waals surface area (Å²) in [6.07, 6.45) is 9.81. The van der Waals surface area contributed by atoms with Crippen LogP contribution in [0.15, 0.2) is 0 Å². The molecule has 3 aliphatic rings. The summed E-state index contributed by atoms with van der Waals surface area (Å²) in [6.45, 7) is 61.0. The number of alkyl halides is 3. The van der Waals surface area contributed by atoms with E-state index in [0.717, 1.165) is 71.1 Å². The van der Waals surface area contributed by atoms with Crippen molar-refractivity contribution in [2.45, 2.75) is 365 Å². The van der Waals surface area contributed by atoms with Gasteiger partial charge in [0.1, 0.15) is 23.4 Å². The second-order valence-corrected chi connectivity index (χ2v) is 34.3. The maximum absolute atomic E-state index is 13.1. The number of ether oxygens (including phenoxy) is 5. The highest BCUT2D eigenvalue weighted by Gasteiger charge is 2.48. The fraction of sp³-hybridized carbons (Fsp3) is 0.857. The van der Waals surface area contributed by atoms with E-state index in [2.05, 4.69) is 94.7 Å². The molecule has 0 aliphatic heterocycles. The Morgan fingerprint density at radius 2 is 0.726 bits per heavy atom. The number of carbonyl (C=O) groups is 5. The second kappa shape index (κ2) is 37.4. The van der Waals surface area contributed by atoms with Gasteiger partial charge in [0.25, 0.3) is 0 Å². The Hall–Kier alpha value is -3.99. The van der Waals surface area contributed by atoms with Gasteiger partial charge in [-0.05, 0) is 234 Å². The maximum atomic E-state index is 13.1. The highest BCUT2D eigenvalue weighted by Crippen LogP contribution is 2.50. The molecule has 3 fully saturated rings. The van der Waals surface area contributed by atoms with Crippen molar-refractivity contribution in [2.75, 3.05) is 0 Å². The quantitative estimate of drug-likeness (QED) is 0.0488. The molecule has 18 heteroatoms. The minimum Gasteiger partial charge on any atom is -0.462 e. The highest BCUT2D eigenvalue weighted by molar-refractivity contribution is 5.78. The van der Waals surface area contributed by atoms with Crippen molar-refractivity contribution >= 4 is 29.8 Å². The van der Waals surface area contributed by atoms with Crippen LogP contribution < -0.4 is 0 Å². The Bertz CT molecular complexity index is 2460. The minimum atomic E-state index is -4.49. The monoisotopic (exact) mass is 1370 g/mol. The lowest BCUT2D eigenvalue weighted by Crippen LogP contribution is -2.47. The van der Waals surface area contributed by atoms with Crippen LogP contribution >= 0.6 is 0 Å². The smallest absolute Gasteiger partial charge is 0.425 e. The topological polar surface area (TPSA) is 132 Å². The first kappa shape index (κ1) is 93.1. The summed E-state index contributed by atoms with van der Waals surface area (Å²) in [5.41, 5.74) is -2.90. The first-order valence-corrected chi connectivity index (χ1v) is 35.3. The highest BCUT2D eigenvalue weighted by atomic mass is 19.4. The van der Waals surface area contributed by atoms with E-state index in [4.69, 9.17) is 18.9 Å². The summed E-state index contributed by atoms with van der Waals surface area (Å²) in [7, 11) is 0. The maximum Gasteiger partial charge on any atom is 0.425 e.